The van der Waals surface area contributed by atoms with Gasteiger partial charge in [0.05, 0.1) is 35.0 Å². The predicted octanol–water partition coefficient (Wildman–Crippen LogP) is 4.97. The van der Waals surface area contributed by atoms with E-state index in [9.17, 15) is 0 Å². The molecule has 3 aliphatic heterocycles. The molecule has 0 aliphatic carbocycles. The van der Waals surface area contributed by atoms with E-state index in [4.69, 9.17) is 0 Å². The average Bonchev–Trinajstić information content (AvgIpc) is 3.26. The summed E-state index contributed by atoms with van der Waals surface area (Å²) in [6, 6.07) is 5.34. The van der Waals surface area contributed by atoms with Gasteiger partial charge in [0.1, 0.15) is 0 Å². The zero-order valence-electron chi connectivity index (χ0n) is 16.6. The van der Waals surface area contributed by atoms with E-state index in [1.165, 1.54) is 73.6 Å². The minimum absolute atomic E-state index is 0.369. The van der Waals surface area contributed by atoms with Crippen LogP contribution in [0.15, 0.2) is 12.1 Å². The Morgan fingerprint density at radius 2 is 1.96 bits per heavy atom. The Kier molecular flexibility index (Phi) is 5.44. The number of hydrogen-bond acceptors (Lipinski definition) is 5. The summed E-state index contributed by atoms with van der Waals surface area (Å²) in [7, 11) is 2.19. The first kappa shape index (κ1) is 18.1. The Labute approximate surface area is 163 Å². The first-order chi connectivity index (χ1) is 12.7. The molecule has 26 heavy (non-hydrogen) atoms. The Morgan fingerprint density at radius 3 is 2.73 bits per heavy atom. The fourth-order valence-corrected chi connectivity index (χ4v) is 5.90. The molecule has 1 aromatic carbocycles. The lowest BCUT2D eigenvalue weighted by Gasteiger charge is -2.40. The van der Waals surface area contributed by atoms with Gasteiger partial charge in [-0.3, -0.25) is 0 Å². The molecule has 144 valence electrons. The third-order valence-corrected chi connectivity index (χ3v) is 7.75. The molecule has 3 aliphatic rings. The number of nitrogens with one attached hydrogen (secondary N) is 2. The molecule has 0 bridgehead atoms. The molecule has 4 nitrogen and oxygen atoms in total. The van der Waals surface area contributed by atoms with Crippen LogP contribution in [-0.2, 0) is 0 Å². The molecule has 5 heteroatoms. The van der Waals surface area contributed by atoms with E-state index in [2.05, 4.69) is 65.2 Å². The minimum Gasteiger partial charge on any atom is -0.378 e. The van der Waals surface area contributed by atoms with Gasteiger partial charge in [-0.15, -0.1) is 0 Å². The summed E-state index contributed by atoms with van der Waals surface area (Å²) in [4.78, 5) is 5.02. The van der Waals surface area contributed by atoms with Crippen molar-refractivity contribution in [1.82, 2.24) is 0 Å². The van der Waals surface area contributed by atoms with Crippen LogP contribution in [0, 0.1) is 0 Å². The number of thioether (sulfide) groups is 1. The molecular formula is C21H34N4S. The predicted molar refractivity (Wildman–Crippen MR) is 117 cm³/mol. The smallest absolute Gasteiger partial charge is 0.0959 e. The molecule has 2 N–H and O–H groups in total. The van der Waals surface area contributed by atoms with Crippen molar-refractivity contribution >= 4 is 34.5 Å². The van der Waals surface area contributed by atoms with Crippen LogP contribution >= 0.6 is 11.8 Å². The minimum atomic E-state index is 0.369. The average molecular weight is 375 g/mol. The van der Waals surface area contributed by atoms with E-state index in [0.717, 1.165) is 11.8 Å². The van der Waals surface area contributed by atoms with Crippen LogP contribution < -0.4 is 20.4 Å². The highest BCUT2D eigenvalue weighted by molar-refractivity contribution is 8.00. The lowest BCUT2D eigenvalue weighted by atomic mass is 10.0. The third-order valence-electron chi connectivity index (χ3n) is 6.23. The maximum Gasteiger partial charge on any atom is 0.0959 e. The van der Waals surface area contributed by atoms with Gasteiger partial charge in [-0.1, -0.05) is 26.2 Å². The van der Waals surface area contributed by atoms with E-state index < -0.39 is 0 Å². The summed E-state index contributed by atoms with van der Waals surface area (Å²) in [6.45, 7) is 6.87. The van der Waals surface area contributed by atoms with E-state index in [0.29, 0.717) is 12.2 Å². The SMILES string of the molecule is CCCCCCN1CC(C2CCCS2)Nc2cc3c(cc21)N(C)C(C)N3. The second kappa shape index (κ2) is 7.79. The summed E-state index contributed by atoms with van der Waals surface area (Å²) >= 11 is 2.17. The molecule has 0 radical (unpaired) electrons. The first-order valence-electron chi connectivity index (χ1n) is 10.5. The standard InChI is InChI=1S/C21H34N4S/c1-4-5-6-7-10-25-14-18(21-9-8-11-26-21)23-17-12-16-19(13-20(17)25)24(3)15(2)22-16/h12-13,15,18,21-23H,4-11,14H2,1-3H3. The molecule has 3 heterocycles. The molecule has 4 rings (SSSR count). The van der Waals surface area contributed by atoms with Crippen molar-refractivity contribution in [2.75, 3.05) is 46.3 Å². The van der Waals surface area contributed by atoms with Gasteiger partial charge in [0.2, 0.25) is 0 Å². The maximum atomic E-state index is 3.91. The maximum absolute atomic E-state index is 3.91. The van der Waals surface area contributed by atoms with Crippen molar-refractivity contribution in [2.24, 2.45) is 0 Å². The lowest BCUT2D eigenvalue weighted by molar-refractivity contribution is 0.581. The lowest BCUT2D eigenvalue weighted by Crippen LogP contribution is -2.46. The molecule has 1 saturated heterocycles. The molecule has 0 amide bonds. The highest BCUT2D eigenvalue weighted by Crippen LogP contribution is 2.44. The molecule has 1 aromatic rings. The van der Waals surface area contributed by atoms with Crippen LogP contribution in [0.4, 0.5) is 22.7 Å². The van der Waals surface area contributed by atoms with Gasteiger partial charge in [0.25, 0.3) is 0 Å². The number of anilines is 4. The van der Waals surface area contributed by atoms with Crippen molar-refractivity contribution in [3.8, 4) is 0 Å². The van der Waals surface area contributed by atoms with Crippen LogP contribution in [0.5, 0.6) is 0 Å². The van der Waals surface area contributed by atoms with Gasteiger partial charge >= 0.3 is 0 Å². The normalized spacial score (nSPS) is 27.1. The van der Waals surface area contributed by atoms with E-state index in [1.807, 2.05) is 0 Å². The van der Waals surface area contributed by atoms with Crippen molar-refractivity contribution in [3.05, 3.63) is 12.1 Å². The fourth-order valence-electron chi connectivity index (χ4n) is 4.55. The second-order valence-corrected chi connectivity index (χ2v) is 9.47. The van der Waals surface area contributed by atoms with Crippen molar-refractivity contribution in [2.45, 2.75) is 69.8 Å². The molecule has 0 spiro atoms. The second-order valence-electron chi connectivity index (χ2n) is 8.13. The number of nitrogens with zero attached hydrogens (tertiary/aromatic N) is 2. The van der Waals surface area contributed by atoms with Crippen LogP contribution in [0.3, 0.4) is 0 Å². The summed E-state index contributed by atoms with van der Waals surface area (Å²) in [5.41, 5.74) is 5.35. The van der Waals surface area contributed by atoms with Crippen molar-refractivity contribution in [3.63, 3.8) is 0 Å². The largest absolute Gasteiger partial charge is 0.378 e. The van der Waals surface area contributed by atoms with E-state index in [1.54, 1.807) is 0 Å². The van der Waals surface area contributed by atoms with Gasteiger partial charge in [-0.2, -0.15) is 11.8 Å². The number of rotatable bonds is 6. The highest BCUT2D eigenvalue weighted by atomic mass is 32.2. The first-order valence-corrected chi connectivity index (χ1v) is 11.5. The highest BCUT2D eigenvalue weighted by Gasteiger charge is 2.34. The molecule has 0 aromatic heterocycles. The molecule has 1 fully saturated rings. The van der Waals surface area contributed by atoms with Gasteiger partial charge in [0.15, 0.2) is 0 Å². The number of fused-ring (bicyclic) bond motifs is 2. The summed E-state index contributed by atoms with van der Waals surface area (Å²) < 4.78 is 0. The quantitative estimate of drug-likeness (QED) is 0.687. The number of unbranched alkanes of at least 4 members (excludes halogenated alkanes) is 3. The van der Waals surface area contributed by atoms with Crippen LogP contribution in [0.25, 0.3) is 0 Å². The van der Waals surface area contributed by atoms with Gasteiger partial charge < -0.3 is 20.4 Å². The van der Waals surface area contributed by atoms with E-state index in [-0.39, 0.29) is 0 Å². The third kappa shape index (κ3) is 3.47. The molecule has 0 saturated carbocycles. The molecule has 3 atom stereocenters. The number of hydrogen-bond donors (Lipinski definition) is 2. The topological polar surface area (TPSA) is 30.5 Å². The monoisotopic (exact) mass is 374 g/mol. The van der Waals surface area contributed by atoms with E-state index >= 15 is 0 Å². The Hall–Kier alpha value is -1.23. The van der Waals surface area contributed by atoms with Crippen LogP contribution in [0.1, 0.15) is 52.4 Å². The van der Waals surface area contributed by atoms with Gasteiger partial charge in [-0.05, 0) is 44.1 Å². The molecular weight excluding hydrogens is 340 g/mol. The Balaban J connectivity index is 1.58. The summed E-state index contributed by atoms with van der Waals surface area (Å²) in [5, 5.41) is 8.30. The summed E-state index contributed by atoms with van der Waals surface area (Å²) in [5.74, 6) is 1.33. The zero-order valence-corrected chi connectivity index (χ0v) is 17.4. The number of benzene rings is 1. The van der Waals surface area contributed by atoms with Crippen LogP contribution in [0.2, 0.25) is 0 Å². The van der Waals surface area contributed by atoms with Gasteiger partial charge in [-0.25, -0.2) is 0 Å². The van der Waals surface area contributed by atoms with Crippen molar-refractivity contribution < 1.29 is 0 Å². The Bertz CT molecular complexity index is 629. The van der Waals surface area contributed by atoms with Gasteiger partial charge in [0, 0.05) is 25.4 Å². The molecule has 3 unspecified atom stereocenters. The fraction of sp³-hybridized carbons (Fsp3) is 0.714. The van der Waals surface area contributed by atoms with Crippen LogP contribution in [-0.4, -0.2) is 43.3 Å². The summed E-state index contributed by atoms with van der Waals surface area (Å²) in [6.07, 6.45) is 8.43. The van der Waals surface area contributed by atoms with Crippen molar-refractivity contribution in [1.29, 1.82) is 0 Å². The Morgan fingerprint density at radius 1 is 1.12 bits per heavy atom. The zero-order chi connectivity index (χ0) is 18.1.